The van der Waals surface area contributed by atoms with Gasteiger partial charge in [0.25, 0.3) is 15.9 Å². The summed E-state index contributed by atoms with van der Waals surface area (Å²) < 4.78 is 46.4. The largest absolute Gasteiger partial charge is 0.497 e. The second kappa shape index (κ2) is 13.8. The van der Waals surface area contributed by atoms with Crippen molar-refractivity contribution in [2.24, 2.45) is 0 Å². The van der Waals surface area contributed by atoms with E-state index in [0.717, 1.165) is 25.9 Å². The molecule has 15 heteroatoms. The van der Waals surface area contributed by atoms with Gasteiger partial charge in [0, 0.05) is 56.1 Å². The summed E-state index contributed by atoms with van der Waals surface area (Å²) >= 11 is 0. The van der Waals surface area contributed by atoms with Crippen LogP contribution in [0.3, 0.4) is 0 Å². The molecule has 3 aliphatic rings. The molecule has 2 fully saturated rings. The summed E-state index contributed by atoms with van der Waals surface area (Å²) in [7, 11) is 2.24. The predicted molar refractivity (Wildman–Crippen MR) is 184 cm³/mol. The number of nitrogens with one attached hydrogen (secondary N) is 1. The molecular formula is C35H41N7O7S. The standard InChI is InChI=1S/C35H41N7O7S/c1-6-49-32-27(8-7-15-37-32)35(38-34(44)41-21-25(22-41)40-16-13-24(14-17-40)39(2)3)28-18-23(20-36)9-11-29(28)42(33(35)43)50(45,46)31-12-10-26(47-4)19-30(31)48-5/h7-12,15,18-19,24-25H,6,13-14,16-17,21-22H2,1-5H3,(H,38,44)/t35-/m1/s1. The quantitative estimate of drug-likeness (QED) is 0.331. The number of piperidine rings is 1. The summed E-state index contributed by atoms with van der Waals surface area (Å²) in [5.41, 5.74) is -1.81. The minimum Gasteiger partial charge on any atom is -0.497 e. The van der Waals surface area contributed by atoms with E-state index in [0.29, 0.717) is 29.2 Å². The molecule has 0 saturated carbocycles. The lowest BCUT2D eigenvalue weighted by molar-refractivity contribution is -0.121. The van der Waals surface area contributed by atoms with Crippen LogP contribution in [0, 0.1) is 11.3 Å². The van der Waals surface area contributed by atoms with E-state index in [1.165, 1.54) is 56.8 Å². The van der Waals surface area contributed by atoms with Crippen LogP contribution in [-0.2, 0) is 20.4 Å². The van der Waals surface area contributed by atoms with Crippen LogP contribution in [0.1, 0.15) is 36.5 Å². The number of nitriles is 1. The molecule has 1 N–H and O–H groups in total. The van der Waals surface area contributed by atoms with Crippen molar-refractivity contribution in [1.29, 1.82) is 5.26 Å². The van der Waals surface area contributed by atoms with Crippen LogP contribution < -0.4 is 23.8 Å². The highest BCUT2D eigenvalue weighted by atomic mass is 32.2. The number of carbonyl (C=O) groups is 2. The van der Waals surface area contributed by atoms with Gasteiger partial charge in [0.15, 0.2) is 5.54 Å². The maximum atomic E-state index is 15.1. The number of hydrogen-bond donors (Lipinski definition) is 1. The molecular weight excluding hydrogens is 662 g/mol. The molecule has 3 aliphatic heterocycles. The summed E-state index contributed by atoms with van der Waals surface area (Å²) in [5.74, 6) is -0.665. The number of methoxy groups -OCH3 is 2. The first-order valence-electron chi connectivity index (χ1n) is 16.4. The van der Waals surface area contributed by atoms with Crippen LogP contribution >= 0.6 is 0 Å². The normalized spacial score (nSPS) is 19.9. The minimum atomic E-state index is -4.69. The van der Waals surface area contributed by atoms with E-state index in [2.05, 4.69) is 40.3 Å². The van der Waals surface area contributed by atoms with Gasteiger partial charge in [0.1, 0.15) is 16.4 Å². The van der Waals surface area contributed by atoms with Gasteiger partial charge in [-0.3, -0.25) is 9.69 Å². The molecule has 50 heavy (non-hydrogen) atoms. The van der Waals surface area contributed by atoms with Crippen molar-refractivity contribution < 1.29 is 32.2 Å². The van der Waals surface area contributed by atoms with Crippen molar-refractivity contribution in [1.82, 2.24) is 25.0 Å². The maximum Gasteiger partial charge on any atom is 0.318 e. The van der Waals surface area contributed by atoms with Crippen molar-refractivity contribution in [3.63, 3.8) is 0 Å². The Bertz CT molecular complexity index is 1940. The molecule has 3 aromatic rings. The van der Waals surface area contributed by atoms with Gasteiger partial charge in [-0.05, 0) is 76.3 Å². The van der Waals surface area contributed by atoms with Crippen molar-refractivity contribution in [2.75, 3.05) is 65.4 Å². The van der Waals surface area contributed by atoms with E-state index in [4.69, 9.17) is 14.2 Å². The monoisotopic (exact) mass is 703 g/mol. The van der Waals surface area contributed by atoms with E-state index in [9.17, 15) is 18.5 Å². The van der Waals surface area contributed by atoms with Crippen LogP contribution in [0.25, 0.3) is 0 Å². The number of urea groups is 1. The summed E-state index contributed by atoms with van der Waals surface area (Å²) in [6, 6.07) is 13.7. The lowest BCUT2D eigenvalue weighted by Gasteiger charge is -2.48. The number of rotatable bonds is 10. The van der Waals surface area contributed by atoms with Gasteiger partial charge in [-0.15, -0.1) is 0 Å². The molecule has 1 aromatic heterocycles. The Morgan fingerprint density at radius 1 is 1.08 bits per heavy atom. The van der Waals surface area contributed by atoms with Gasteiger partial charge in [0.05, 0.1) is 43.7 Å². The molecule has 1 atom stereocenters. The first-order valence-corrected chi connectivity index (χ1v) is 17.9. The Kier molecular flexibility index (Phi) is 9.62. The Hall–Kier alpha value is -4.91. The number of sulfonamides is 1. The molecule has 0 unspecified atom stereocenters. The lowest BCUT2D eigenvalue weighted by atomic mass is 9.83. The number of carbonyl (C=O) groups excluding carboxylic acids is 2. The fourth-order valence-electron chi connectivity index (χ4n) is 7.02. The predicted octanol–water partition coefficient (Wildman–Crippen LogP) is 2.77. The zero-order chi connectivity index (χ0) is 35.8. The third kappa shape index (κ3) is 5.86. The molecule has 2 aromatic carbocycles. The summed E-state index contributed by atoms with van der Waals surface area (Å²) in [6.45, 7) is 4.64. The van der Waals surface area contributed by atoms with E-state index in [1.807, 2.05) is 0 Å². The van der Waals surface area contributed by atoms with Crippen LogP contribution in [-0.4, -0.2) is 113 Å². The zero-order valence-electron chi connectivity index (χ0n) is 28.7. The molecule has 4 heterocycles. The first kappa shape index (κ1) is 34.9. The van der Waals surface area contributed by atoms with E-state index < -0.39 is 27.5 Å². The Morgan fingerprint density at radius 3 is 2.46 bits per heavy atom. The van der Waals surface area contributed by atoms with Crippen LogP contribution in [0.4, 0.5) is 10.5 Å². The molecule has 2 saturated heterocycles. The van der Waals surface area contributed by atoms with E-state index >= 15 is 4.79 Å². The van der Waals surface area contributed by atoms with Crippen LogP contribution in [0.15, 0.2) is 59.6 Å². The smallest absolute Gasteiger partial charge is 0.318 e. The highest BCUT2D eigenvalue weighted by molar-refractivity contribution is 7.93. The lowest BCUT2D eigenvalue weighted by Crippen LogP contribution is -2.67. The first-order chi connectivity index (χ1) is 24.0. The molecule has 14 nitrogen and oxygen atoms in total. The molecule has 264 valence electrons. The number of hydrogen-bond acceptors (Lipinski definition) is 11. The number of anilines is 1. The Labute approximate surface area is 292 Å². The van der Waals surface area contributed by atoms with Gasteiger partial charge in [-0.1, -0.05) is 0 Å². The Balaban J connectivity index is 1.43. The summed E-state index contributed by atoms with van der Waals surface area (Å²) in [5, 5.41) is 12.9. The van der Waals surface area contributed by atoms with Gasteiger partial charge in [0.2, 0.25) is 5.88 Å². The number of fused-ring (bicyclic) bond motifs is 1. The fraction of sp³-hybridized carbons (Fsp3) is 0.429. The molecule has 0 bridgehead atoms. The van der Waals surface area contributed by atoms with Crippen molar-refractivity contribution in [2.45, 2.75) is 42.3 Å². The molecule has 0 spiro atoms. The van der Waals surface area contributed by atoms with Gasteiger partial charge < -0.3 is 29.3 Å². The molecule has 3 amide bonds. The summed E-state index contributed by atoms with van der Waals surface area (Å²) in [4.78, 5) is 39.6. The Morgan fingerprint density at radius 2 is 1.82 bits per heavy atom. The third-order valence-electron chi connectivity index (χ3n) is 9.79. The van der Waals surface area contributed by atoms with Crippen molar-refractivity contribution in [3.8, 4) is 23.4 Å². The van der Waals surface area contributed by atoms with Crippen LogP contribution in [0.5, 0.6) is 17.4 Å². The van der Waals surface area contributed by atoms with E-state index in [1.54, 1.807) is 24.0 Å². The molecule has 0 aliphatic carbocycles. The number of amides is 3. The summed E-state index contributed by atoms with van der Waals surface area (Å²) in [6.07, 6.45) is 3.55. The van der Waals surface area contributed by atoms with Crippen molar-refractivity contribution >= 4 is 27.6 Å². The average Bonchev–Trinajstić information content (AvgIpc) is 3.35. The van der Waals surface area contributed by atoms with Gasteiger partial charge >= 0.3 is 6.03 Å². The highest BCUT2D eigenvalue weighted by Gasteiger charge is 2.59. The number of ether oxygens (including phenoxy) is 3. The number of pyridine rings is 1. The SMILES string of the molecule is CCOc1ncccc1[C@]1(NC(=O)N2CC(N3CCC(N(C)C)CC3)C2)C(=O)N(S(=O)(=O)c2ccc(OC)cc2OC)c2ccc(C#N)cc21. The zero-order valence-corrected chi connectivity index (χ0v) is 29.6. The molecule has 6 rings (SSSR count). The van der Waals surface area contributed by atoms with Gasteiger partial charge in [-0.2, -0.15) is 9.57 Å². The number of likely N-dealkylation sites (tertiary alicyclic amines) is 2. The van der Waals surface area contributed by atoms with Gasteiger partial charge in [-0.25, -0.2) is 18.2 Å². The highest BCUT2D eigenvalue weighted by Crippen LogP contribution is 2.50. The van der Waals surface area contributed by atoms with Crippen molar-refractivity contribution in [3.05, 3.63) is 71.4 Å². The molecule has 0 radical (unpaired) electrons. The topological polar surface area (TPSA) is 158 Å². The second-order valence-electron chi connectivity index (χ2n) is 12.7. The third-order valence-corrected chi connectivity index (χ3v) is 11.5. The number of aromatic nitrogens is 1. The number of nitrogens with zero attached hydrogens (tertiary/aromatic N) is 6. The van der Waals surface area contributed by atoms with Crippen LogP contribution in [0.2, 0.25) is 0 Å². The minimum absolute atomic E-state index is 0.0310. The van der Waals surface area contributed by atoms with E-state index in [-0.39, 0.29) is 51.6 Å². The fourth-order valence-corrected chi connectivity index (χ4v) is 8.63. The maximum absolute atomic E-state index is 15.1. The number of benzene rings is 2. The average molecular weight is 704 g/mol. The second-order valence-corrected chi connectivity index (χ2v) is 14.4.